The summed E-state index contributed by atoms with van der Waals surface area (Å²) in [7, 11) is 1.78. The summed E-state index contributed by atoms with van der Waals surface area (Å²) >= 11 is 2.04. The lowest BCUT2D eigenvalue weighted by Crippen LogP contribution is -2.43. The Morgan fingerprint density at radius 1 is 1.45 bits per heavy atom. The zero-order valence-electron chi connectivity index (χ0n) is 12.7. The highest BCUT2D eigenvalue weighted by Gasteiger charge is 2.29. The van der Waals surface area contributed by atoms with Gasteiger partial charge in [-0.3, -0.25) is 4.99 Å². The topological polar surface area (TPSA) is 62.5 Å². The molecule has 2 heterocycles. The number of aryl methyl sites for hydroxylation is 2. The van der Waals surface area contributed by atoms with Crippen LogP contribution in [0.4, 0.5) is 0 Å². The molecule has 1 aromatic rings. The highest BCUT2D eigenvalue weighted by atomic mass is 32.2. The van der Waals surface area contributed by atoms with Gasteiger partial charge in [-0.25, -0.2) is 4.98 Å². The summed E-state index contributed by atoms with van der Waals surface area (Å²) in [5.41, 5.74) is 0.944. The molecule has 1 atom stereocenters. The van der Waals surface area contributed by atoms with Crippen LogP contribution in [0.2, 0.25) is 0 Å². The molecule has 0 saturated carbocycles. The zero-order chi connectivity index (χ0) is 14.6. The maximum absolute atomic E-state index is 5.55. The third-order valence-corrected chi connectivity index (χ3v) is 5.17. The summed E-state index contributed by atoms with van der Waals surface area (Å²) in [6.07, 6.45) is 2.57. The van der Waals surface area contributed by atoms with Crippen molar-refractivity contribution in [3.8, 4) is 0 Å². The van der Waals surface area contributed by atoms with Crippen molar-refractivity contribution in [1.82, 2.24) is 15.6 Å². The van der Waals surface area contributed by atoms with Crippen molar-refractivity contribution >= 4 is 17.7 Å². The lowest BCUT2D eigenvalue weighted by Gasteiger charge is -2.24. The normalized spacial score (nSPS) is 23.1. The Kier molecular flexibility index (Phi) is 4.96. The number of thioether (sulfide) groups is 1. The smallest absolute Gasteiger partial charge is 0.214 e. The van der Waals surface area contributed by atoms with Crippen LogP contribution in [0.5, 0.6) is 0 Å². The first-order chi connectivity index (χ1) is 9.52. The summed E-state index contributed by atoms with van der Waals surface area (Å²) in [5, 5.41) is 6.63. The van der Waals surface area contributed by atoms with Gasteiger partial charge in [0.1, 0.15) is 5.76 Å². The molecule has 2 N–H and O–H groups in total. The van der Waals surface area contributed by atoms with Crippen LogP contribution in [0.3, 0.4) is 0 Å². The summed E-state index contributed by atoms with van der Waals surface area (Å²) < 4.78 is 5.87. The molecule has 6 heteroatoms. The van der Waals surface area contributed by atoms with Gasteiger partial charge in [-0.2, -0.15) is 11.8 Å². The number of hydrogen-bond donors (Lipinski definition) is 2. The van der Waals surface area contributed by atoms with Crippen molar-refractivity contribution in [1.29, 1.82) is 0 Å². The Morgan fingerprint density at radius 3 is 2.80 bits per heavy atom. The second kappa shape index (κ2) is 6.52. The minimum atomic E-state index is 0.327. The van der Waals surface area contributed by atoms with Crippen molar-refractivity contribution in [3.05, 3.63) is 17.3 Å². The van der Waals surface area contributed by atoms with Crippen molar-refractivity contribution < 1.29 is 4.42 Å². The van der Waals surface area contributed by atoms with Gasteiger partial charge < -0.3 is 15.1 Å². The van der Waals surface area contributed by atoms with Crippen LogP contribution in [-0.4, -0.2) is 35.0 Å². The van der Waals surface area contributed by atoms with Gasteiger partial charge in [0.05, 0.1) is 12.2 Å². The summed E-state index contributed by atoms with van der Waals surface area (Å²) in [6, 6.07) is 0. The second-order valence-electron chi connectivity index (χ2n) is 5.43. The molecular formula is C14H24N4OS. The molecule has 1 unspecified atom stereocenters. The summed E-state index contributed by atoms with van der Waals surface area (Å²) in [4.78, 5) is 8.59. The van der Waals surface area contributed by atoms with Crippen LogP contribution in [0.1, 0.15) is 37.1 Å². The minimum absolute atomic E-state index is 0.327. The lowest BCUT2D eigenvalue weighted by molar-refractivity contribution is 0.463. The average molecular weight is 296 g/mol. The maximum atomic E-state index is 5.55. The third kappa shape index (κ3) is 3.91. The second-order valence-corrected chi connectivity index (χ2v) is 7.11. The molecule has 1 aliphatic rings. The first kappa shape index (κ1) is 15.2. The minimum Gasteiger partial charge on any atom is -0.444 e. The van der Waals surface area contributed by atoms with Crippen LogP contribution >= 0.6 is 11.8 Å². The highest BCUT2D eigenvalue weighted by molar-refractivity contribution is 8.00. The fourth-order valence-electron chi connectivity index (χ4n) is 2.24. The number of nitrogens with zero attached hydrogens (tertiary/aromatic N) is 2. The Hall–Kier alpha value is -1.17. The highest BCUT2D eigenvalue weighted by Crippen LogP contribution is 2.36. The molecule has 1 saturated heterocycles. The molecule has 0 radical (unpaired) electrons. The van der Waals surface area contributed by atoms with Crippen LogP contribution in [0.15, 0.2) is 9.41 Å². The van der Waals surface area contributed by atoms with Gasteiger partial charge in [-0.05, 0) is 39.4 Å². The molecule has 0 amide bonds. The summed E-state index contributed by atoms with van der Waals surface area (Å²) in [6.45, 7) is 7.68. The zero-order valence-corrected chi connectivity index (χ0v) is 13.6. The summed E-state index contributed by atoms with van der Waals surface area (Å²) in [5.74, 6) is 3.63. The van der Waals surface area contributed by atoms with E-state index in [4.69, 9.17) is 4.42 Å². The van der Waals surface area contributed by atoms with Crippen LogP contribution in [0, 0.1) is 13.8 Å². The number of oxazole rings is 1. The van der Waals surface area contributed by atoms with Crippen molar-refractivity contribution in [2.24, 2.45) is 4.99 Å². The van der Waals surface area contributed by atoms with Crippen LogP contribution < -0.4 is 10.6 Å². The van der Waals surface area contributed by atoms with E-state index in [2.05, 4.69) is 27.5 Å². The van der Waals surface area contributed by atoms with Gasteiger partial charge in [0.2, 0.25) is 5.89 Å². The predicted molar refractivity (Wildman–Crippen MR) is 84.3 cm³/mol. The van der Waals surface area contributed by atoms with Crippen LogP contribution in [-0.2, 0) is 6.54 Å². The Balaban J connectivity index is 1.80. The fourth-order valence-corrected chi connectivity index (χ4v) is 3.49. The Morgan fingerprint density at radius 2 is 2.25 bits per heavy atom. The van der Waals surface area contributed by atoms with E-state index in [1.54, 1.807) is 7.05 Å². The predicted octanol–water partition coefficient (Wildman–Crippen LogP) is 2.24. The van der Waals surface area contributed by atoms with E-state index in [1.807, 2.05) is 25.6 Å². The molecule has 0 spiro atoms. The molecule has 0 aliphatic carbocycles. The molecule has 112 valence electrons. The molecule has 0 bridgehead atoms. The first-order valence-electron chi connectivity index (χ1n) is 7.04. The average Bonchev–Trinajstić information content (AvgIpc) is 2.98. The van der Waals surface area contributed by atoms with E-state index < -0.39 is 0 Å². The number of aromatic nitrogens is 1. The van der Waals surface area contributed by atoms with E-state index in [0.29, 0.717) is 17.2 Å². The Bertz CT molecular complexity index is 458. The van der Waals surface area contributed by atoms with E-state index in [9.17, 15) is 0 Å². The quantitative estimate of drug-likeness (QED) is 0.659. The first-order valence-corrected chi connectivity index (χ1v) is 8.02. The van der Waals surface area contributed by atoms with Gasteiger partial charge in [-0.15, -0.1) is 0 Å². The Labute approximate surface area is 125 Å². The monoisotopic (exact) mass is 296 g/mol. The van der Waals surface area contributed by atoms with E-state index >= 15 is 0 Å². The SMILES string of the molecule is CN=C(NCc1nc(C)c(C)o1)NCC1(C)CCCS1. The van der Waals surface area contributed by atoms with E-state index in [0.717, 1.165) is 24.0 Å². The fraction of sp³-hybridized carbons (Fsp3) is 0.714. The number of guanidine groups is 1. The van der Waals surface area contributed by atoms with Crippen molar-refractivity contribution in [3.63, 3.8) is 0 Å². The molecule has 1 aromatic heterocycles. The van der Waals surface area contributed by atoms with Gasteiger partial charge >= 0.3 is 0 Å². The van der Waals surface area contributed by atoms with Gasteiger partial charge in [0.25, 0.3) is 0 Å². The largest absolute Gasteiger partial charge is 0.444 e. The van der Waals surface area contributed by atoms with Gasteiger partial charge in [-0.1, -0.05) is 0 Å². The standard InChI is InChI=1S/C14H24N4OS/c1-10-11(2)19-12(18-10)8-16-13(15-4)17-9-14(3)6-5-7-20-14/h5-9H2,1-4H3,(H2,15,16,17). The molecule has 0 aromatic carbocycles. The molecule has 2 rings (SSSR count). The molecule has 1 fully saturated rings. The van der Waals surface area contributed by atoms with Crippen molar-refractivity contribution in [2.45, 2.75) is 44.9 Å². The number of rotatable bonds is 4. The molecule has 1 aliphatic heterocycles. The van der Waals surface area contributed by atoms with E-state index in [1.165, 1.54) is 18.6 Å². The lowest BCUT2D eigenvalue weighted by atomic mass is 10.1. The molecular weight excluding hydrogens is 272 g/mol. The third-order valence-electron chi connectivity index (χ3n) is 3.63. The van der Waals surface area contributed by atoms with Crippen molar-refractivity contribution in [2.75, 3.05) is 19.3 Å². The van der Waals surface area contributed by atoms with E-state index in [-0.39, 0.29) is 0 Å². The molecule has 5 nitrogen and oxygen atoms in total. The number of hydrogen-bond acceptors (Lipinski definition) is 4. The van der Waals surface area contributed by atoms with Crippen LogP contribution in [0.25, 0.3) is 0 Å². The maximum Gasteiger partial charge on any atom is 0.214 e. The number of nitrogens with one attached hydrogen (secondary N) is 2. The van der Waals surface area contributed by atoms with Gasteiger partial charge in [0, 0.05) is 18.3 Å². The molecule has 20 heavy (non-hydrogen) atoms. The van der Waals surface area contributed by atoms with Gasteiger partial charge in [0.15, 0.2) is 5.96 Å². The number of aliphatic imine (C=N–C) groups is 1.